The molecule has 0 aliphatic heterocycles. The molecule has 0 heterocycles. The van der Waals surface area contributed by atoms with Crippen LogP contribution in [0.4, 0.5) is 11.4 Å². The fourth-order valence-electron chi connectivity index (χ4n) is 1.27. The van der Waals surface area contributed by atoms with E-state index in [0.29, 0.717) is 17.8 Å². The van der Waals surface area contributed by atoms with Crippen molar-refractivity contribution in [3.63, 3.8) is 0 Å². The summed E-state index contributed by atoms with van der Waals surface area (Å²) < 4.78 is 5.14. The molecule has 0 unspecified atom stereocenters. The molecular formula is C10H14N2O2. The van der Waals surface area contributed by atoms with Crippen LogP contribution in [0.25, 0.3) is 0 Å². The Kier molecular flexibility index (Phi) is 3.34. The van der Waals surface area contributed by atoms with Crippen molar-refractivity contribution in [2.45, 2.75) is 0 Å². The molecule has 0 fully saturated rings. The summed E-state index contributed by atoms with van der Waals surface area (Å²) in [5.74, 6) is 0.656. The fraction of sp³-hybridized carbons (Fsp3) is 0.300. The third-order valence-electron chi connectivity index (χ3n) is 1.91. The Morgan fingerprint density at radius 2 is 2.14 bits per heavy atom. The molecule has 0 atom stereocenters. The maximum Gasteiger partial charge on any atom is 0.211 e. The zero-order chi connectivity index (χ0) is 10.6. The van der Waals surface area contributed by atoms with Crippen LogP contribution in [0.5, 0.6) is 5.75 Å². The van der Waals surface area contributed by atoms with Crippen molar-refractivity contribution < 1.29 is 9.53 Å². The molecule has 76 valence electrons. The highest BCUT2D eigenvalue weighted by molar-refractivity contribution is 5.85. The van der Waals surface area contributed by atoms with Gasteiger partial charge in [0.15, 0.2) is 0 Å². The number of benzene rings is 1. The van der Waals surface area contributed by atoms with Gasteiger partial charge in [0.25, 0.3) is 0 Å². The number of carbonyl (C=O) groups is 1. The Morgan fingerprint density at radius 3 is 2.64 bits per heavy atom. The van der Waals surface area contributed by atoms with E-state index in [2.05, 4.69) is 5.32 Å². The van der Waals surface area contributed by atoms with Crippen LogP contribution in [0.1, 0.15) is 0 Å². The van der Waals surface area contributed by atoms with Gasteiger partial charge in [-0.1, -0.05) is 6.07 Å². The molecule has 0 bridgehead atoms. The number of nitrogens with zero attached hydrogens (tertiary/aromatic N) is 1. The van der Waals surface area contributed by atoms with Gasteiger partial charge in [-0.15, -0.1) is 0 Å². The Labute approximate surface area is 83.5 Å². The first-order chi connectivity index (χ1) is 6.70. The SMILES string of the molecule is COc1cccc(N(C)C)c1NC=O. The number of hydrogen-bond acceptors (Lipinski definition) is 3. The van der Waals surface area contributed by atoms with Gasteiger partial charge in [-0.2, -0.15) is 0 Å². The van der Waals surface area contributed by atoms with E-state index >= 15 is 0 Å². The van der Waals surface area contributed by atoms with Crippen molar-refractivity contribution in [2.75, 3.05) is 31.4 Å². The van der Waals surface area contributed by atoms with Crippen molar-refractivity contribution in [3.8, 4) is 5.75 Å². The summed E-state index contributed by atoms with van der Waals surface area (Å²) in [6.07, 6.45) is 0.644. The molecule has 1 aromatic carbocycles. The second-order valence-electron chi connectivity index (χ2n) is 3.01. The zero-order valence-corrected chi connectivity index (χ0v) is 8.57. The smallest absolute Gasteiger partial charge is 0.211 e. The quantitative estimate of drug-likeness (QED) is 0.735. The van der Waals surface area contributed by atoms with Crippen LogP contribution < -0.4 is 15.0 Å². The molecule has 4 nitrogen and oxygen atoms in total. The Morgan fingerprint density at radius 1 is 1.43 bits per heavy atom. The number of hydrogen-bond donors (Lipinski definition) is 1. The third-order valence-corrected chi connectivity index (χ3v) is 1.91. The summed E-state index contributed by atoms with van der Waals surface area (Å²) in [6.45, 7) is 0. The van der Waals surface area contributed by atoms with E-state index in [4.69, 9.17) is 4.74 Å². The maximum atomic E-state index is 10.4. The summed E-state index contributed by atoms with van der Waals surface area (Å²) in [5.41, 5.74) is 1.60. The first-order valence-electron chi connectivity index (χ1n) is 4.25. The van der Waals surface area contributed by atoms with Gasteiger partial charge < -0.3 is 15.0 Å². The van der Waals surface area contributed by atoms with Gasteiger partial charge in [-0.05, 0) is 12.1 Å². The fourth-order valence-corrected chi connectivity index (χ4v) is 1.27. The second kappa shape index (κ2) is 4.50. The average Bonchev–Trinajstić information content (AvgIpc) is 2.18. The molecule has 0 aliphatic carbocycles. The van der Waals surface area contributed by atoms with Gasteiger partial charge in [0, 0.05) is 14.1 Å². The van der Waals surface area contributed by atoms with Gasteiger partial charge >= 0.3 is 0 Å². The van der Waals surface area contributed by atoms with Gasteiger partial charge in [-0.3, -0.25) is 4.79 Å². The number of methoxy groups -OCH3 is 1. The van der Waals surface area contributed by atoms with E-state index in [9.17, 15) is 4.79 Å². The van der Waals surface area contributed by atoms with E-state index < -0.39 is 0 Å². The molecule has 1 aromatic rings. The molecule has 1 rings (SSSR count). The molecule has 0 saturated heterocycles. The number of amides is 1. The van der Waals surface area contributed by atoms with Crippen LogP contribution in [-0.2, 0) is 4.79 Å². The lowest BCUT2D eigenvalue weighted by Gasteiger charge is -2.18. The molecular weight excluding hydrogens is 180 g/mol. The van der Waals surface area contributed by atoms with Crippen LogP contribution in [0, 0.1) is 0 Å². The third kappa shape index (κ3) is 1.96. The topological polar surface area (TPSA) is 41.6 Å². The monoisotopic (exact) mass is 194 g/mol. The number of anilines is 2. The lowest BCUT2D eigenvalue weighted by atomic mass is 10.2. The molecule has 0 aliphatic rings. The van der Waals surface area contributed by atoms with Gasteiger partial charge in [0.2, 0.25) is 6.41 Å². The van der Waals surface area contributed by atoms with Crippen molar-refractivity contribution in [2.24, 2.45) is 0 Å². The van der Waals surface area contributed by atoms with Crippen LogP contribution >= 0.6 is 0 Å². The molecule has 1 N–H and O–H groups in total. The number of ether oxygens (including phenoxy) is 1. The minimum Gasteiger partial charge on any atom is -0.494 e. The number of nitrogens with one attached hydrogen (secondary N) is 1. The molecule has 0 aromatic heterocycles. The predicted molar refractivity (Wildman–Crippen MR) is 57.0 cm³/mol. The number of para-hydroxylation sites is 1. The van der Waals surface area contributed by atoms with Gasteiger partial charge in [0.1, 0.15) is 11.4 Å². The minimum atomic E-state index is 0.644. The number of carbonyl (C=O) groups excluding carboxylic acids is 1. The molecule has 0 saturated carbocycles. The average molecular weight is 194 g/mol. The first-order valence-corrected chi connectivity index (χ1v) is 4.25. The van der Waals surface area contributed by atoms with E-state index in [-0.39, 0.29) is 0 Å². The van der Waals surface area contributed by atoms with Crippen LogP contribution in [0.15, 0.2) is 18.2 Å². The zero-order valence-electron chi connectivity index (χ0n) is 8.57. The van der Waals surface area contributed by atoms with Crippen molar-refractivity contribution in [3.05, 3.63) is 18.2 Å². The highest BCUT2D eigenvalue weighted by Gasteiger charge is 2.09. The Hall–Kier alpha value is -1.71. The van der Waals surface area contributed by atoms with E-state index in [1.807, 2.05) is 31.1 Å². The Balaban J connectivity index is 3.20. The lowest BCUT2D eigenvalue weighted by Crippen LogP contribution is -2.12. The second-order valence-corrected chi connectivity index (χ2v) is 3.01. The largest absolute Gasteiger partial charge is 0.494 e. The van der Waals surface area contributed by atoms with E-state index in [1.54, 1.807) is 13.2 Å². The van der Waals surface area contributed by atoms with Crippen molar-refractivity contribution in [1.29, 1.82) is 0 Å². The highest BCUT2D eigenvalue weighted by Crippen LogP contribution is 2.33. The summed E-state index contributed by atoms with van der Waals surface area (Å²) in [5, 5.41) is 2.63. The molecule has 0 spiro atoms. The molecule has 0 radical (unpaired) electrons. The van der Waals surface area contributed by atoms with E-state index in [1.165, 1.54) is 0 Å². The van der Waals surface area contributed by atoms with E-state index in [0.717, 1.165) is 5.69 Å². The Bertz CT molecular complexity index is 324. The molecule has 4 heteroatoms. The first kappa shape index (κ1) is 10.4. The van der Waals surface area contributed by atoms with Crippen LogP contribution in [0.2, 0.25) is 0 Å². The van der Waals surface area contributed by atoms with Crippen LogP contribution in [0.3, 0.4) is 0 Å². The summed E-state index contributed by atoms with van der Waals surface area (Å²) in [4.78, 5) is 12.3. The maximum absolute atomic E-state index is 10.4. The number of rotatable bonds is 4. The van der Waals surface area contributed by atoms with Crippen molar-refractivity contribution >= 4 is 17.8 Å². The predicted octanol–water partition coefficient (Wildman–Crippen LogP) is 1.33. The van der Waals surface area contributed by atoms with Crippen LogP contribution in [-0.4, -0.2) is 27.6 Å². The minimum absolute atomic E-state index is 0.644. The molecule has 14 heavy (non-hydrogen) atoms. The highest BCUT2D eigenvalue weighted by atomic mass is 16.5. The summed E-state index contributed by atoms with van der Waals surface area (Å²) >= 11 is 0. The summed E-state index contributed by atoms with van der Waals surface area (Å²) in [6, 6.07) is 5.59. The lowest BCUT2D eigenvalue weighted by molar-refractivity contribution is -0.105. The standard InChI is InChI=1S/C10H14N2O2/c1-12(2)8-5-4-6-9(14-3)10(8)11-7-13/h4-7H,1-3H3,(H,11,13). The molecule has 1 amide bonds. The van der Waals surface area contributed by atoms with Gasteiger partial charge in [-0.25, -0.2) is 0 Å². The normalized spacial score (nSPS) is 9.36. The van der Waals surface area contributed by atoms with Crippen molar-refractivity contribution in [1.82, 2.24) is 0 Å². The summed E-state index contributed by atoms with van der Waals surface area (Å²) in [7, 11) is 5.39. The van der Waals surface area contributed by atoms with Gasteiger partial charge in [0.05, 0.1) is 12.8 Å².